The molecular weight excluding hydrogens is 566 g/mol. The molecule has 8 aromatic rings. The molecule has 0 fully saturated rings. The Morgan fingerprint density at radius 2 is 1.16 bits per heavy atom. The van der Waals surface area contributed by atoms with E-state index in [0.717, 1.165) is 26.4 Å². The van der Waals surface area contributed by atoms with Crippen molar-refractivity contribution in [2.45, 2.75) is 0 Å². The van der Waals surface area contributed by atoms with Crippen molar-refractivity contribution in [3.63, 3.8) is 0 Å². The Kier molecular flexibility index (Phi) is 4.31. The summed E-state index contributed by atoms with van der Waals surface area (Å²) in [6.07, 6.45) is 0. The molecule has 0 saturated heterocycles. The van der Waals surface area contributed by atoms with E-state index in [1.165, 1.54) is 12.1 Å². The van der Waals surface area contributed by atoms with Crippen molar-refractivity contribution in [1.82, 2.24) is 24.9 Å². The van der Waals surface area contributed by atoms with E-state index in [-0.39, 0.29) is 11.4 Å². The molecule has 0 radical (unpaired) electrons. The molecule has 0 unspecified atom stereocenters. The van der Waals surface area contributed by atoms with E-state index in [2.05, 4.69) is 15.0 Å². The van der Waals surface area contributed by atoms with Crippen LogP contribution in [-0.4, -0.2) is 24.9 Å². The zero-order chi connectivity index (χ0) is 38.2. The van der Waals surface area contributed by atoms with Gasteiger partial charge in [0.15, 0.2) is 23.3 Å². The van der Waals surface area contributed by atoms with Gasteiger partial charge in [0.05, 0.1) is 35.2 Å². The average molecular weight is 598 g/mol. The van der Waals surface area contributed by atoms with Gasteiger partial charge >= 0.3 is 0 Å². The number of fused-ring (bicyclic) bond motifs is 3. The fourth-order valence-corrected chi connectivity index (χ4v) is 5.94. The molecule has 5 aromatic carbocycles. The highest BCUT2D eigenvalue weighted by Crippen LogP contribution is 2.39. The van der Waals surface area contributed by atoms with Crippen LogP contribution in [0.4, 0.5) is 4.39 Å². The Bertz CT molecular complexity index is 2730. The second-order valence-corrected chi connectivity index (χ2v) is 10.6. The Morgan fingerprint density at radius 3 is 1.86 bits per heavy atom. The van der Waals surface area contributed by atoms with Gasteiger partial charge in [-0.3, -0.25) is 0 Å². The minimum atomic E-state index is -0.825. The van der Waals surface area contributed by atoms with Crippen LogP contribution < -0.4 is 0 Å². The van der Waals surface area contributed by atoms with Gasteiger partial charge in [0.25, 0.3) is 0 Å². The van der Waals surface area contributed by atoms with E-state index in [1.807, 2.05) is 54.6 Å². The van der Waals surface area contributed by atoms with Crippen LogP contribution in [0.1, 0.15) is 13.7 Å². The lowest BCUT2D eigenvalue weighted by Crippen LogP contribution is -2.02. The quantitative estimate of drug-likeness (QED) is 0.198. The fraction of sp³-hybridized carbons (Fsp3) is 0. The van der Waals surface area contributed by atoms with E-state index in [0.29, 0.717) is 16.8 Å². The number of hydrogen-bond donors (Lipinski definition) is 0. The maximum atomic E-state index is 16.0. The summed E-state index contributed by atoms with van der Waals surface area (Å²) in [6, 6.07) is 14.6. The minimum absolute atomic E-state index is 0.239. The van der Waals surface area contributed by atoms with Crippen molar-refractivity contribution in [1.29, 1.82) is 0 Å². The van der Waals surface area contributed by atoms with E-state index >= 15 is 4.39 Å². The molecule has 3 aromatic heterocycles. The standard InChI is InChI=1S/C37H22FN5S/c38-29-21-20-26(36-39-31(23-12-4-1-5-13-23)33-32(40-36)27-18-10-11-19-30(27)44-33)22-28(29)37-42-34(24-14-6-2-7-15-24)41-35(43-37)25-16-8-3-9-17-25/h1-22H/i2D,3D,6D,7D,8D,9D,14D,15D,16D,17D. The predicted molar refractivity (Wildman–Crippen MR) is 175 cm³/mol. The molecule has 5 nitrogen and oxygen atoms in total. The molecule has 3 heterocycles. The van der Waals surface area contributed by atoms with Gasteiger partial charge in [-0.1, -0.05) is 109 Å². The lowest BCUT2D eigenvalue weighted by Gasteiger charge is -2.11. The lowest BCUT2D eigenvalue weighted by atomic mass is 10.1. The summed E-state index contributed by atoms with van der Waals surface area (Å²) >= 11 is 1.55. The zero-order valence-electron chi connectivity index (χ0n) is 32.5. The summed E-state index contributed by atoms with van der Waals surface area (Å²) in [5, 5.41) is 0.907. The Balaban J connectivity index is 1.40. The van der Waals surface area contributed by atoms with Gasteiger partial charge in [-0.05, 0) is 24.3 Å². The summed E-state index contributed by atoms with van der Waals surface area (Å²) < 4.78 is 101. The van der Waals surface area contributed by atoms with Crippen molar-refractivity contribution >= 4 is 31.6 Å². The van der Waals surface area contributed by atoms with Gasteiger partial charge in [0, 0.05) is 32.3 Å². The summed E-state index contributed by atoms with van der Waals surface area (Å²) in [4.78, 5) is 22.9. The number of hydrogen-bond acceptors (Lipinski definition) is 6. The highest BCUT2D eigenvalue weighted by atomic mass is 32.1. The maximum Gasteiger partial charge on any atom is 0.167 e. The second-order valence-electron chi connectivity index (χ2n) is 9.54. The molecule has 0 amide bonds. The highest BCUT2D eigenvalue weighted by molar-refractivity contribution is 7.26. The average Bonchev–Trinajstić information content (AvgIpc) is 3.57. The Morgan fingerprint density at radius 1 is 0.545 bits per heavy atom. The molecular formula is C37H22FN5S. The number of benzene rings is 5. The first kappa shape index (κ1) is 17.5. The molecule has 0 aliphatic carbocycles. The molecule has 208 valence electrons. The topological polar surface area (TPSA) is 64.5 Å². The first-order valence-electron chi connectivity index (χ1n) is 18.3. The van der Waals surface area contributed by atoms with Gasteiger partial charge in [0.1, 0.15) is 5.82 Å². The van der Waals surface area contributed by atoms with Crippen LogP contribution in [0.3, 0.4) is 0 Å². The van der Waals surface area contributed by atoms with Crippen LogP contribution in [0.5, 0.6) is 0 Å². The first-order valence-corrected chi connectivity index (χ1v) is 14.1. The van der Waals surface area contributed by atoms with Crippen molar-refractivity contribution < 1.29 is 18.1 Å². The van der Waals surface area contributed by atoms with Gasteiger partial charge < -0.3 is 0 Å². The van der Waals surface area contributed by atoms with Gasteiger partial charge in [0.2, 0.25) is 0 Å². The van der Waals surface area contributed by atoms with Crippen LogP contribution >= 0.6 is 11.3 Å². The SMILES string of the molecule is [2H]c1c([2H])c([2H])c(-c2nc(-c3cc(-c4nc(-c5ccccc5)c5sc6ccccc6c5n4)ccc3F)nc(-c3c([2H])c([2H])c([2H])c([2H])c3[2H])n2)c([2H])c1[2H]. The first-order chi connectivity index (χ1) is 25.8. The number of thiophene rings is 1. The molecule has 0 atom stereocenters. The third-order valence-corrected chi connectivity index (χ3v) is 7.98. The molecule has 0 N–H and O–H groups in total. The third kappa shape index (κ3) is 4.69. The lowest BCUT2D eigenvalue weighted by molar-refractivity contribution is 0.630. The normalized spacial score (nSPS) is 14.5. The number of rotatable bonds is 5. The summed E-state index contributed by atoms with van der Waals surface area (Å²) in [5.74, 6) is -1.99. The van der Waals surface area contributed by atoms with Crippen molar-refractivity contribution in [3.8, 4) is 56.8 Å². The molecule has 7 heteroatoms. The van der Waals surface area contributed by atoms with E-state index in [1.54, 1.807) is 11.3 Å². The van der Waals surface area contributed by atoms with Crippen LogP contribution in [-0.2, 0) is 0 Å². The van der Waals surface area contributed by atoms with E-state index in [4.69, 9.17) is 23.7 Å². The largest absolute Gasteiger partial charge is 0.226 e. The smallest absolute Gasteiger partial charge is 0.167 e. The maximum absolute atomic E-state index is 16.0. The summed E-state index contributed by atoms with van der Waals surface area (Å²) in [7, 11) is 0. The molecule has 0 bridgehead atoms. The Labute approximate surface area is 270 Å². The molecule has 0 aliphatic heterocycles. The van der Waals surface area contributed by atoms with E-state index < -0.39 is 94.8 Å². The molecule has 0 saturated carbocycles. The van der Waals surface area contributed by atoms with Crippen molar-refractivity contribution in [2.24, 2.45) is 0 Å². The van der Waals surface area contributed by atoms with Gasteiger partial charge in [-0.15, -0.1) is 11.3 Å². The van der Waals surface area contributed by atoms with Crippen LogP contribution in [0, 0.1) is 5.82 Å². The molecule has 0 spiro atoms. The monoisotopic (exact) mass is 597 g/mol. The van der Waals surface area contributed by atoms with Gasteiger partial charge in [-0.25, -0.2) is 29.3 Å². The van der Waals surface area contributed by atoms with Crippen molar-refractivity contribution in [3.05, 3.63) is 139 Å². The minimum Gasteiger partial charge on any atom is -0.226 e. The Hall–Kier alpha value is -5.66. The summed E-state index contributed by atoms with van der Waals surface area (Å²) in [5.41, 5.74) is 1.39. The predicted octanol–water partition coefficient (Wildman–Crippen LogP) is 9.50. The van der Waals surface area contributed by atoms with Gasteiger partial charge in [-0.2, -0.15) is 0 Å². The zero-order valence-corrected chi connectivity index (χ0v) is 23.3. The molecule has 44 heavy (non-hydrogen) atoms. The third-order valence-electron chi connectivity index (χ3n) is 6.82. The van der Waals surface area contributed by atoms with E-state index in [9.17, 15) is 0 Å². The van der Waals surface area contributed by atoms with Crippen LogP contribution in [0.25, 0.3) is 77.1 Å². The molecule has 8 rings (SSSR count). The van der Waals surface area contributed by atoms with Crippen molar-refractivity contribution in [2.75, 3.05) is 0 Å². The number of aromatic nitrogens is 5. The molecule has 0 aliphatic rings. The fourth-order valence-electron chi connectivity index (χ4n) is 4.79. The van der Waals surface area contributed by atoms with Crippen LogP contribution in [0.15, 0.2) is 133 Å². The second kappa shape index (κ2) is 10.9. The van der Waals surface area contributed by atoms with Crippen LogP contribution in [0.2, 0.25) is 0 Å². The number of nitrogens with zero attached hydrogens (tertiary/aromatic N) is 5. The highest BCUT2D eigenvalue weighted by Gasteiger charge is 2.19. The summed E-state index contributed by atoms with van der Waals surface area (Å²) in [6.45, 7) is 0. The number of halogens is 1.